The molecule has 0 aromatic heterocycles. The summed E-state index contributed by atoms with van der Waals surface area (Å²) >= 11 is 1.98. The van der Waals surface area contributed by atoms with Crippen molar-refractivity contribution in [3.05, 3.63) is 0 Å². The zero-order chi connectivity index (χ0) is 15.1. The van der Waals surface area contributed by atoms with E-state index in [-0.39, 0.29) is 11.7 Å². The highest BCUT2D eigenvalue weighted by Crippen LogP contribution is 2.46. The lowest BCUT2D eigenvalue weighted by molar-refractivity contribution is -0.134. The molecule has 1 amide bonds. The summed E-state index contributed by atoms with van der Waals surface area (Å²) in [6.07, 6.45) is 11.9. The van der Waals surface area contributed by atoms with Crippen molar-refractivity contribution in [1.29, 1.82) is 0 Å². The van der Waals surface area contributed by atoms with Crippen LogP contribution in [0.4, 0.5) is 0 Å². The molecule has 1 heterocycles. The van der Waals surface area contributed by atoms with Gasteiger partial charge in [0.05, 0.1) is 11.7 Å². The number of nitrogens with zero attached hydrogens (tertiary/aromatic N) is 1. The van der Waals surface area contributed by atoms with Crippen molar-refractivity contribution in [2.75, 3.05) is 12.8 Å². The van der Waals surface area contributed by atoms with Crippen LogP contribution in [0.2, 0.25) is 0 Å². The van der Waals surface area contributed by atoms with Crippen molar-refractivity contribution in [1.82, 2.24) is 10.2 Å². The maximum absolute atomic E-state index is 13.1. The molecule has 4 heteroatoms. The Morgan fingerprint density at radius 1 is 1.24 bits per heavy atom. The van der Waals surface area contributed by atoms with Crippen molar-refractivity contribution in [2.45, 2.75) is 81.7 Å². The number of hydrogen-bond donors (Lipinski definition) is 1. The Balaban J connectivity index is 1.78. The molecule has 0 bridgehead atoms. The predicted molar refractivity (Wildman–Crippen MR) is 89.4 cm³/mol. The standard InChI is InChI=1S/C17H30N2OS/c1-13(2)11-14-18-17(9-4-5-10-17)15(20)19(14)12-16(21-3)7-6-8-16/h13-14,18H,4-12H2,1-3H3. The van der Waals surface area contributed by atoms with E-state index in [0.717, 1.165) is 25.8 Å². The van der Waals surface area contributed by atoms with Crippen LogP contribution >= 0.6 is 11.8 Å². The molecule has 1 unspecified atom stereocenters. The lowest BCUT2D eigenvalue weighted by atomic mass is 9.83. The molecule has 1 N–H and O–H groups in total. The van der Waals surface area contributed by atoms with Gasteiger partial charge in [-0.1, -0.05) is 33.1 Å². The molecule has 3 nitrogen and oxygen atoms in total. The number of thioether (sulfide) groups is 1. The largest absolute Gasteiger partial charge is 0.324 e. The number of rotatable bonds is 5. The third kappa shape index (κ3) is 2.74. The topological polar surface area (TPSA) is 32.3 Å². The molecule has 21 heavy (non-hydrogen) atoms. The summed E-state index contributed by atoms with van der Waals surface area (Å²) in [6, 6.07) is 0. The summed E-state index contributed by atoms with van der Waals surface area (Å²) < 4.78 is 0.344. The highest BCUT2D eigenvalue weighted by atomic mass is 32.2. The molecular weight excluding hydrogens is 280 g/mol. The van der Waals surface area contributed by atoms with Crippen LogP contribution in [0.1, 0.15) is 65.2 Å². The first kappa shape index (κ1) is 15.7. The monoisotopic (exact) mass is 310 g/mol. The van der Waals surface area contributed by atoms with Crippen LogP contribution in [-0.4, -0.2) is 40.1 Å². The minimum Gasteiger partial charge on any atom is -0.324 e. The van der Waals surface area contributed by atoms with Gasteiger partial charge in [0, 0.05) is 11.3 Å². The maximum Gasteiger partial charge on any atom is 0.244 e. The Hall–Kier alpha value is -0.220. The highest BCUT2D eigenvalue weighted by molar-refractivity contribution is 8.00. The second kappa shape index (κ2) is 5.77. The summed E-state index contributed by atoms with van der Waals surface area (Å²) in [5, 5.41) is 3.76. The number of carbonyl (C=O) groups excluding carboxylic acids is 1. The van der Waals surface area contributed by atoms with E-state index in [1.165, 1.54) is 32.1 Å². The van der Waals surface area contributed by atoms with Gasteiger partial charge in [-0.2, -0.15) is 11.8 Å². The molecule has 3 aliphatic rings. The summed E-state index contributed by atoms with van der Waals surface area (Å²) in [5.41, 5.74) is -0.205. The first-order chi connectivity index (χ1) is 10.0. The number of nitrogens with one attached hydrogen (secondary N) is 1. The summed E-state index contributed by atoms with van der Waals surface area (Å²) in [6.45, 7) is 5.48. The van der Waals surface area contributed by atoms with Gasteiger partial charge in [0.2, 0.25) is 5.91 Å². The van der Waals surface area contributed by atoms with Gasteiger partial charge in [-0.15, -0.1) is 0 Å². The van der Waals surface area contributed by atoms with Gasteiger partial charge in [0.25, 0.3) is 0 Å². The van der Waals surface area contributed by atoms with Crippen molar-refractivity contribution in [3.63, 3.8) is 0 Å². The normalized spacial score (nSPS) is 30.4. The van der Waals surface area contributed by atoms with Gasteiger partial charge >= 0.3 is 0 Å². The average molecular weight is 311 g/mol. The van der Waals surface area contributed by atoms with Crippen molar-refractivity contribution < 1.29 is 4.79 Å². The maximum atomic E-state index is 13.1. The zero-order valence-corrected chi connectivity index (χ0v) is 14.6. The molecule has 120 valence electrons. The molecule has 3 rings (SSSR count). The Morgan fingerprint density at radius 2 is 1.90 bits per heavy atom. The van der Waals surface area contributed by atoms with E-state index in [2.05, 4.69) is 30.3 Å². The quantitative estimate of drug-likeness (QED) is 0.845. The van der Waals surface area contributed by atoms with Gasteiger partial charge in [-0.3, -0.25) is 10.1 Å². The minimum absolute atomic E-state index is 0.205. The van der Waals surface area contributed by atoms with E-state index in [1.54, 1.807) is 0 Å². The molecule has 0 aromatic rings. The van der Waals surface area contributed by atoms with Crippen LogP contribution < -0.4 is 5.32 Å². The van der Waals surface area contributed by atoms with Crippen LogP contribution in [0, 0.1) is 5.92 Å². The Bertz CT molecular complexity index is 394. The molecule has 1 aliphatic heterocycles. The van der Waals surface area contributed by atoms with E-state index >= 15 is 0 Å². The molecular formula is C17H30N2OS. The third-order valence-corrected chi connectivity index (χ3v) is 7.20. The average Bonchev–Trinajstić information content (AvgIpc) is 2.94. The van der Waals surface area contributed by atoms with Gasteiger partial charge in [0.15, 0.2) is 0 Å². The predicted octanol–water partition coefficient (Wildman–Crippen LogP) is 3.39. The van der Waals surface area contributed by atoms with Gasteiger partial charge in [-0.05, 0) is 44.3 Å². The van der Waals surface area contributed by atoms with Crippen molar-refractivity contribution >= 4 is 17.7 Å². The first-order valence-electron chi connectivity index (χ1n) is 8.64. The summed E-state index contributed by atoms with van der Waals surface area (Å²) in [7, 11) is 0. The molecule has 0 aromatic carbocycles. The Morgan fingerprint density at radius 3 is 2.38 bits per heavy atom. The van der Waals surface area contributed by atoms with Crippen molar-refractivity contribution in [3.8, 4) is 0 Å². The smallest absolute Gasteiger partial charge is 0.244 e. The third-order valence-electron chi connectivity index (χ3n) is 5.80. The van der Waals surface area contributed by atoms with Crippen LogP contribution in [0.3, 0.4) is 0 Å². The van der Waals surface area contributed by atoms with Gasteiger partial charge in [0.1, 0.15) is 0 Å². The fourth-order valence-electron chi connectivity index (χ4n) is 4.33. The molecule has 0 radical (unpaired) electrons. The molecule has 3 fully saturated rings. The lowest BCUT2D eigenvalue weighted by Gasteiger charge is -2.44. The van der Waals surface area contributed by atoms with Gasteiger partial charge < -0.3 is 4.90 Å². The number of hydrogen-bond acceptors (Lipinski definition) is 3. The Labute approximate surface area is 133 Å². The molecule has 1 spiro atoms. The fourth-order valence-corrected chi connectivity index (χ4v) is 5.30. The zero-order valence-electron chi connectivity index (χ0n) is 13.8. The minimum atomic E-state index is -0.205. The highest BCUT2D eigenvalue weighted by Gasteiger charge is 2.54. The van der Waals surface area contributed by atoms with Crippen LogP contribution in [0.15, 0.2) is 0 Å². The molecule has 1 atom stereocenters. The van der Waals surface area contributed by atoms with Crippen LogP contribution in [0.5, 0.6) is 0 Å². The lowest BCUT2D eigenvalue weighted by Crippen LogP contribution is -2.50. The summed E-state index contributed by atoms with van der Waals surface area (Å²) in [5.74, 6) is 1.03. The number of carbonyl (C=O) groups is 1. The van der Waals surface area contributed by atoms with Crippen LogP contribution in [0.25, 0.3) is 0 Å². The number of amides is 1. The molecule has 2 aliphatic carbocycles. The summed E-state index contributed by atoms with van der Waals surface area (Å²) in [4.78, 5) is 15.3. The molecule has 2 saturated carbocycles. The second-order valence-electron chi connectivity index (χ2n) is 7.75. The van der Waals surface area contributed by atoms with E-state index in [9.17, 15) is 4.79 Å². The van der Waals surface area contributed by atoms with Gasteiger partial charge in [-0.25, -0.2) is 0 Å². The molecule has 1 saturated heterocycles. The Kier molecular flexibility index (Phi) is 4.30. The van der Waals surface area contributed by atoms with Crippen LogP contribution in [-0.2, 0) is 4.79 Å². The van der Waals surface area contributed by atoms with Crippen molar-refractivity contribution in [2.24, 2.45) is 5.92 Å². The second-order valence-corrected chi connectivity index (χ2v) is 9.03. The first-order valence-corrected chi connectivity index (χ1v) is 9.87. The van der Waals surface area contributed by atoms with E-state index in [4.69, 9.17) is 0 Å². The fraction of sp³-hybridized carbons (Fsp3) is 0.941. The van der Waals surface area contributed by atoms with E-state index < -0.39 is 0 Å². The van der Waals surface area contributed by atoms with E-state index in [0.29, 0.717) is 16.6 Å². The SMILES string of the molecule is CSC1(CN2C(=O)C3(CCCC3)NC2CC(C)C)CCC1. The van der Waals surface area contributed by atoms with E-state index in [1.807, 2.05) is 11.8 Å².